The van der Waals surface area contributed by atoms with Crippen LogP contribution in [0.2, 0.25) is 0 Å². The summed E-state index contributed by atoms with van der Waals surface area (Å²) in [4.78, 5) is 0. The van der Waals surface area contributed by atoms with Gasteiger partial charge in [0.25, 0.3) is 0 Å². The topological polar surface area (TPSA) is 9.23 Å². The second-order valence-corrected chi connectivity index (χ2v) is 14.6. The van der Waals surface area contributed by atoms with Crippen LogP contribution < -0.4 is 26.0 Å². The van der Waals surface area contributed by atoms with Gasteiger partial charge in [0.05, 0.1) is 0 Å². The Morgan fingerprint density at radius 1 is 0.650 bits per heavy atom. The van der Waals surface area contributed by atoms with Crippen molar-refractivity contribution < 1.29 is 4.74 Å². The SMILES string of the molecule is CCC(C)(Pc1c(C)cccc1P(c1ccccc1)c1ccccc1)c1cccc(C)c1OCc1ccccc1. The summed E-state index contributed by atoms with van der Waals surface area (Å²) in [5.41, 5.74) is 5.06. The Hall–Kier alpha value is -3.24. The van der Waals surface area contributed by atoms with Crippen molar-refractivity contribution in [2.75, 3.05) is 0 Å². The monoisotopic (exact) mass is 560 g/mol. The lowest BCUT2D eigenvalue weighted by molar-refractivity contribution is 0.297. The van der Waals surface area contributed by atoms with Crippen molar-refractivity contribution >= 4 is 37.7 Å². The summed E-state index contributed by atoms with van der Waals surface area (Å²) in [6, 6.07) is 46.1. The largest absolute Gasteiger partial charge is 0.488 e. The Labute approximate surface area is 243 Å². The van der Waals surface area contributed by atoms with E-state index >= 15 is 0 Å². The molecule has 0 aliphatic heterocycles. The number of hydrogen-bond donors (Lipinski definition) is 0. The minimum Gasteiger partial charge on any atom is -0.488 e. The molecule has 5 aromatic rings. The Kier molecular flexibility index (Phi) is 9.16. The molecular weight excluding hydrogens is 522 g/mol. The van der Waals surface area contributed by atoms with E-state index in [0.29, 0.717) is 15.2 Å². The Morgan fingerprint density at radius 2 is 1.20 bits per heavy atom. The molecule has 202 valence electrons. The molecule has 3 heteroatoms. The minimum atomic E-state index is -0.685. The van der Waals surface area contributed by atoms with E-state index in [9.17, 15) is 0 Å². The third kappa shape index (κ3) is 6.23. The fourth-order valence-electron chi connectivity index (χ4n) is 5.21. The fourth-order valence-corrected chi connectivity index (χ4v) is 9.70. The van der Waals surface area contributed by atoms with Crippen molar-refractivity contribution in [3.8, 4) is 5.75 Å². The van der Waals surface area contributed by atoms with Gasteiger partial charge < -0.3 is 4.74 Å². The van der Waals surface area contributed by atoms with Gasteiger partial charge >= 0.3 is 0 Å². The number of para-hydroxylation sites is 1. The van der Waals surface area contributed by atoms with Gasteiger partial charge in [-0.1, -0.05) is 150 Å². The van der Waals surface area contributed by atoms with Crippen LogP contribution in [0, 0.1) is 13.8 Å². The highest BCUT2D eigenvalue weighted by molar-refractivity contribution is 7.81. The van der Waals surface area contributed by atoms with Crippen molar-refractivity contribution in [3.63, 3.8) is 0 Å². The van der Waals surface area contributed by atoms with Crippen LogP contribution in [-0.2, 0) is 11.8 Å². The predicted octanol–water partition coefficient (Wildman–Crippen LogP) is 8.27. The van der Waals surface area contributed by atoms with Crippen LogP contribution in [0.1, 0.15) is 42.5 Å². The Balaban J connectivity index is 1.58. The lowest BCUT2D eigenvalue weighted by Gasteiger charge is -2.34. The first-order valence-corrected chi connectivity index (χ1v) is 16.4. The molecule has 5 aromatic carbocycles. The molecule has 0 aliphatic rings. The van der Waals surface area contributed by atoms with Crippen LogP contribution >= 0.6 is 16.5 Å². The highest BCUT2D eigenvalue weighted by Crippen LogP contribution is 2.49. The van der Waals surface area contributed by atoms with E-state index in [1.807, 2.05) is 0 Å². The summed E-state index contributed by atoms with van der Waals surface area (Å²) in [6.07, 6.45) is 1.03. The molecule has 0 fully saturated rings. The highest BCUT2D eigenvalue weighted by Gasteiger charge is 2.32. The summed E-state index contributed by atoms with van der Waals surface area (Å²) < 4.78 is 6.59. The number of benzene rings is 5. The summed E-state index contributed by atoms with van der Waals surface area (Å²) in [7, 11) is -0.0790. The van der Waals surface area contributed by atoms with E-state index in [1.54, 1.807) is 0 Å². The van der Waals surface area contributed by atoms with Gasteiger partial charge in [0.1, 0.15) is 12.4 Å². The van der Waals surface area contributed by atoms with E-state index in [0.717, 1.165) is 12.2 Å². The lowest BCUT2D eigenvalue weighted by Crippen LogP contribution is -2.33. The van der Waals surface area contributed by atoms with Crippen LogP contribution in [0.5, 0.6) is 5.75 Å². The molecule has 5 rings (SSSR count). The van der Waals surface area contributed by atoms with Gasteiger partial charge in [-0.2, -0.15) is 0 Å². The zero-order valence-electron chi connectivity index (χ0n) is 23.9. The van der Waals surface area contributed by atoms with Crippen LogP contribution in [0.3, 0.4) is 0 Å². The molecule has 0 heterocycles. The van der Waals surface area contributed by atoms with Gasteiger partial charge in [0.15, 0.2) is 0 Å². The number of hydrogen-bond acceptors (Lipinski definition) is 1. The molecule has 0 bridgehead atoms. The lowest BCUT2D eigenvalue weighted by atomic mass is 9.94. The molecule has 0 saturated carbocycles. The van der Waals surface area contributed by atoms with E-state index in [-0.39, 0.29) is 5.16 Å². The summed E-state index contributed by atoms with van der Waals surface area (Å²) in [5.74, 6) is 1.03. The number of rotatable bonds is 10. The normalized spacial score (nSPS) is 13.0. The molecule has 0 aliphatic carbocycles. The van der Waals surface area contributed by atoms with Crippen LogP contribution in [0.15, 0.2) is 127 Å². The van der Waals surface area contributed by atoms with Crippen LogP contribution in [0.25, 0.3) is 0 Å². The number of aryl methyl sites for hydroxylation is 2. The first-order valence-electron chi connectivity index (χ1n) is 14.0. The van der Waals surface area contributed by atoms with Crippen LogP contribution in [-0.4, -0.2) is 0 Å². The second kappa shape index (κ2) is 13.0. The zero-order valence-corrected chi connectivity index (χ0v) is 25.8. The van der Waals surface area contributed by atoms with Gasteiger partial charge in [-0.15, -0.1) is 0 Å². The van der Waals surface area contributed by atoms with Crippen LogP contribution in [0.4, 0.5) is 0 Å². The van der Waals surface area contributed by atoms with Gasteiger partial charge in [-0.3, -0.25) is 0 Å². The average Bonchev–Trinajstić information content (AvgIpc) is 3.00. The maximum atomic E-state index is 6.59. The fraction of sp³-hybridized carbons (Fsp3) is 0.189. The standard InChI is InChI=1S/C37H38OP2/c1-5-37(4,33-25-15-17-28(2)35(33)38-27-30-19-9-6-10-20-30)39-36-29(3)18-16-26-34(36)40(31-21-11-7-12-22-31)32-23-13-8-14-24-32/h6-26,39H,5,27H2,1-4H3. The Bertz CT molecular complexity index is 1490. The third-order valence-electron chi connectivity index (χ3n) is 7.66. The highest BCUT2D eigenvalue weighted by atomic mass is 31.1. The van der Waals surface area contributed by atoms with Crippen molar-refractivity contribution in [2.45, 2.75) is 45.9 Å². The van der Waals surface area contributed by atoms with E-state index in [1.165, 1.54) is 43.5 Å². The first-order chi connectivity index (χ1) is 19.5. The molecule has 0 amide bonds. The van der Waals surface area contributed by atoms with Gasteiger partial charge in [0, 0.05) is 10.7 Å². The molecule has 0 spiro atoms. The van der Waals surface area contributed by atoms with Gasteiger partial charge in [0.2, 0.25) is 0 Å². The molecule has 0 N–H and O–H groups in total. The first kappa shape index (κ1) is 28.3. The van der Waals surface area contributed by atoms with E-state index < -0.39 is 7.92 Å². The van der Waals surface area contributed by atoms with Gasteiger partial charge in [-0.25, -0.2) is 0 Å². The maximum Gasteiger partial charge on any atom is 0.126 e. The smallest absolute Gasteiger partial charge is 0.126 e. The molecule has 2 atom stereocenters. The van der Waals surface area contributed by atoms with Crippen molar-refractivity contribution in [1.29, 1.82) is 0 Å². The molecular formula is C37H38OP2. The van der Waals surface area contributed by atoms with E-state index in [4.69, 9.17) is 4.74 Å². The molecule has 2 unspecified atom stereocenters. The summed E-state index contributed by atoms with van der Waals surface area (Å²) >= 11 is 0. The van der Waals surface area contributed by atoms with Crippen molar-refractivity contribution in [1.82, 2.24) is 0 Å². The van der Waals surface area contributed by atoms with Crippen molar-refractivity contribution in [2.24, 2.45) is 0 Å². The molecule has 0 aromatic heterocycles. The van der Waals surface area contributed by atoms with Crippen molar-refractivity contribution in [3.05, 3.63) is 150 Å². The third-order valence-corrected chi connectivity index (χ3v) is 12.4. The molecule has 0 radical (unpaired) electrons. The van der Waals surface area contributed by atoms with Gasteiger partial charge in [-0.05, 0) is 66.1 Å². The molecule has 1 nitrogen and oxygen atoms in total. The molecule has 40 heavy (non-hydrogen) atoms. The zero-order chi connectivity index (χ0) is 28.0. The maximum absolute atomic E-state index is 6.59. The Morgan fingerprint density at radius 3 is 1.80 bits per heavy atom. The quantitative estimate of drug-likeness (QED) is 0.156. The summed E-state index contributed by atoms with van der Waals surface area (Å²) in [5, 5.41) is 5.67. The average molecular weight is 561 g/mol. The number of ether oxygens (including phenoxy) is 1. The van der Waals surface area contributed by atoms with E-state index in [2.05, 4.69) is 155 Å². The summed E-state index contributed by atoms with van der Waals surface area (Å²) in [6.45, 7) is 9.79. The predicted molar refractivity (Wildman–Crippen MR) is 177 cm³/mol. The molecule has 0 saturated heterocycles. The second-order valence-electron chi connectivity index (χ2n) is 10.5. The minimum absolute atomic E-state index is 0.0622.